The number of para-hydroxylation sites is 1. The molecule has 0 unspecified atom stereocenters. The molecule has 0 radical (unpaired) electrons. The van der Waals surface area contributed by atoms with Crippen LogP contribution in [0, 0.1) is 22.7 Å². The molecule has 0 spiro atoms. The summed E-state index contributed by atoms with van der Waals surface area (Å²) in [6, 6.07) is 18.7. The maximum Gasteiger partial charge on any atom is 0.237 e. The number of hydrazone groups is 1. The third-order valence-electron chi connectivity index (χ3n) is 2.73. The Morgan fingerprint density at radius 1 is 1.09 bits per heavy atom. The summed E-state index contributed by atoms with van der Waals surface area (Å²) in [5, 5.41) is 21.9. The van der Waals surface area contributed by atoms with Crippen LogP contribution in [0.15, 0.2) is 58.5 Å². The molecular formula is C16H11ClN4S. The molecule has 0 heterocycles. The molecule has 0 saturated carbocycles. The summed E-state index contributed by atoms with van der Waals surface area (Å²) in [5.74, 6) is 0.714. The van der Waals surface area contributed by atoms with Gasteiger partial charge < -0.3 is 0 Å². The lowest BCUT2D eigenvalue weighted by atomic mass is 10.2. The predicted molar refractivity (Wildman–Crippen MR) is 89.7 cm³/mol. The number of nitriles is 2. The van der Waals surface area contributed by atoms with Gasteiger partial charge in [0.1, 0.15) is 12.1 Å². The summed E-state index contributed by atoms with van der Waals surface area (Å²) in [6.07, 6.45) is 0. The summed E-state index contributed by atoms with van der Waals surface area (Å²) in [7, 11) is 0. The van der Waals surface area contributed by atoms with Crippen LogP contribution in [0.5, 0.6) is 0 Å². The average molecular weight is 327 g/mol. The Balaban J connectivity index is 2.13. The SMILES string of the molecule is N#CC(C#N)=NNc1ccccc1SCc1ccccc1Cl. The lowest BCUT2D eigenvalue weighted by Crippen LogP contribution is -1.97. The summed E-state index contributed by atoms with van der Waals surface area (Å²) in [4.78, 5) is 0.960. The lowest BCUT2D eigenvalue weighted by molar-refractivity contribution is 1.28. The molecule has 22 heavy (non-hydrogen) atoms. The van der Waals surface area contributed by atoms with E-state index in [0.29, 0.717) is 5.75 Å². The second-order valence-electron chi connectivity index (χ2n) is 4.17. The third-order valence-corrected chi connectivity index (χ3v) is 4.22. The summed E-state index contributed by atoms with van der Waals surface area (Å²) >= 11 is 7.75. The first kappa shape index (κ1) is 15.9. The van der Waals surface area contributed by atoms with Crippen LogP contribution in [0.2, 0.25) is 5.02 Å². The van der Waals surface area contributed by atoms with Crippen molar-refractivity contribution >= 4 is 34.8 Å². The summed E-state index contributed by atoms with van der Waals surface area (Å²) < 4.78 is 0. The molecule has 0 saturated heterocycles. The van der Waals surface area contributed by atoms with Gasteiger partial charge in [0.25, 0.3) is 0 Å². The maximum atomic E-state index is 8.69. The van der Waals surface area contributed by atoms with Gasteiger partial charge in [-0.05, 0) is 23.8 Å². The Bertz CT molecular complexity index is 758. The minimum Gasteiger partial charge on any atom is -0.275 e. The first-order valence-electron chi connectivity index (χ1n) is 6.33. The summed E-state index contributed by atoms with van der Waals surface area (Å²) in [5.41, 5.74) is 4.32. The van der Waals surface area contributed by atoms with Crippen LogP contribution >= 0.6 is 23.4 Å². The van der Waals surface area contributed by atoms with Gasteiger partial charge in [-0.15, -0.1) is 11.8 Å². The molecule has 4 nitrogen and oxygen atoms in total. The molecule has 1 N–H and O–H groups in total. The van der Waals surface area contributed by atoms with E-state index >= 15 is 0 Å². The molecule has 6 heteroatoms. The minimum absolute atomic E-state index is 0.217. The highest BCUT2D eigenvalue weighted by Crippen LogP contribution is 2.31. The van der Waals surface area contributed by atoms with Crippen LogP contribution in [0.3, 0.4) is 0 Å². The second-order valence-corrected chi connectivity index (χ2v) is 5.60. The van der Waals surface area contributed by atoms with Crippen molar-refractivity contribution in [1.29, 1.82) is 10.5 Å². The van der Waals surface area contributed by atoms with Crippen LogP contribution in [0.1, 0.15) is 5.56 Å². The predicted octanol–water partition coefficient (Wildman–Crippen LogP) is 4.45. The van der Waals surface area contributed by atoms with Crippen molar-refractivity contribution in [2.24, 2.45) is 5.10 Å². The number of nitrogens with one attached hydrogen (secondary N) is 1. The van der Waals surface area contributed by atoms with Crippen molar-refractivity contribution in [1.82, 2.24) is 0 Å². The molecule has 0 aromatic heterocycles. The fourth-order valence-corrected chi connectivity index (χ4v) is 2.94. The number of benzene rings is 2. The molecule has 2 aromatic rings. The van der Waals surface area contributed by atoms with E-state index in [2.05, 4.69) is 10.5 Å². The van der Waals surface area contributed by atoms with E-state index < -0.39 is 0 Å². The molecule has 0 atom stereocenters. The highest BCUT2D eigenvalue weighted by atomic mass is 35.5. The van der Waals surface area contributed by atoms with Crippen LogP contribution in [-0.4, -0.2) is 5.71 Å². The largest absolute Gasteiger partial charge is 0.275 e. The van der Waals surface area contributed by atoms with Crippen molar-refractivity contribution in [3.05, 3.63) is 59.1 Å². The zero-order chi connectivity index (χ0) is 15.8. The van der Waals surface area contributed by atoms with E-state index in [-0.39, 0.29) is 5.71 Å². The fourth-order valence-electron chi connectivity index (χ4n) is 1.65. The number of hydrogen-bond donors (Lipinski definition) is 1. The Labute approximate surface area is 138 Å². The zero-order valence-electron chi connectivity index (χ0n) is 11.5. The smallest absolute Gasteiger partial charge is 0.237 e. The van der Waals surface area contributed by atoms with Gasteiger partial charge in [0.15, 0.2) is 0 Å². The van der Waals surface area contributed by atoms with Crippen molar-refractivity contribution in [2.45, 2.75) is 10.6 Å². The molecule has 0 fully saturated rings. The molecule has 0 aliphatic heterocycles. The number of halogens is 1. The van der Waals surface area contributed by atoms with Crippen LogP contribution in [0.25, 0.3) is 0 Å². The number of rotatable bonds is 5. The van der Waals surface area contributed by atoms with Gasteiger partial charge >= 0.3 is 0 Å². The first-order valence-corrected chi connectivity index (χ1v) is 7.70. The van der Waals surface area contributed by atoms with Crippen molar-refractivity contribution < 1.29 is 0 Å². The van der Waals surface area contributed by atoms with Gasteiger partial charge in [0.2, 0.25) is 5.71 Å². The van der Waals surface area contributed by atoms with Gasteiger partial charge in [0.05, 0.1) is 5.69 Å². The topological polar surface area (TPSA) is 72.0 Å². The van der Waals surface area contributed by atoms with Crippen LogP contribution in [0.4, 0.5) is 5.69 Å². The number of thioether (sulfide) groups is 1. The average Bonchev–Trinajstić information content (AvgIpc) is 2.56. The van der Waals surface area contributed by atoms with Crippen molar-refractivity contribution in [3.8, 4) is 12.1 Å². The highest BCUT2D eigenvalue weighted by molar-refractivity contribution is 7.98. The van der Waals surface area contributed by atoms with Gasteiger partial charge in [-0.25, -0.2) is 0 Å². The molecule has 108 valence electrons. The number of hydrogen-bond acceptors (Lipinski definition) is 5. The Hall–Kier alpha value is -2.47. The number of nitrogens with zero attached hydrogens (tertiary/aromatic N) is 3. The third kappa shape index (κ3) is 4.26. The van der Waals surface area contributed by atoms with Gasteiger partial charge in [-0.3, -0.25) is 5.43 Å². The Morgan fingerprint density at radius 3 is 2.50 bits per heavy atom. The molecular weight excluding hydrogens is 316 g/mol. The summed E-state index contributed by atoms with van der Waals surface area (Å²) in [6.45, 7) is 0. The van der Waals surface area contributed by atoms with Crippen LogP contribution in [-0.2, 0) is 5.75 Å². The van der Waals surface area contributed by atoms with E-state index in [4.69, 9.17) is 22.1 Å². The first-order chi connectivity index (χ1) is 10.7. The van der Waals surface area contributed by atoms with Crippen molar-refractivity contribution in [3.63, 3.8) is 0 Å². The molecule has 2 aromatic carbocycles. The standard InChI is InChI=1S/C16H11ClN4S/c17-14-6-2-1-5-12(14)11-22-16-8-4-3-7-15(16)21-20-13(9-18)10-19/h1-8,21H,11H2. The van der Waals surface area contributed by atoms with E-state index in [1.807, 2.05) is 48.5 Å². The highest BCUT2D eigenvalue weighted by Gasteiger charge is 2.05. The monoisotopic (exact) mass is 326 g/mol. The van der Waals surface area contributed by atoms with E-state index in [1.165, 1.54) is 0 Å². The maximum absolute atomic E-state index is 8.69. The van der Waals surface area contributed by atoms with Crippen molar-refractivity contribution in [2.75, 3.05) is 5.43 Å². The lowest BCUT2D eigenvalue weighted by Gasteiger charge is -2.09. The number of anilines is 1. The fraction of sp³-hybridized carbons (Fsp3) is 0.0625. The Morgan fingerprint density at radius 2 is 1.77 bits per heavy atom. The van der Waals surface area contributed by atoms with E-state index in [0.717, 1.165) is 21.2 Å². The minimum atomic E-state index is -0.217. The van der Waals surface area contributed by atoms with E-state index in [9.17, 15) is 0 Å². The molecule has 0 aliphatic rings. The molecule has 0 amide bonds. The second kappa shape index (κ2) is 8.09. The molecule has 0 aliphatic carbocycles. The van der Waals surface area contributed by atoms with Gasteiger partial charge in [-0.2, -0.15) is 15.6 Å². The zero-order valence-corrected chi connectivity index (χ0v) is 13.0. The Kier molecular flexibility index (Phi) is 5.85. The van der Waals surface area contributed by atoms with Crippen LogP contribution < -0.4 is 5.43 Å². The van der Waals surface area contributed by atoms with E-state index in [1.54, 1.807) is 23.9 Å². The van der Waals surface area contributed by atoms with Gasteiger partial charge in [-0.1, -0.05) is 41.9 Å². The van der Waals surface area contributed by atoms with Gasteiger partial charge in [0, 0.05) is 15.7 Å². The quantitative estimate of drug-likeness (QED) is 0.500. The normalized spacial score (nSPS) is 9.41. The molecule has 2 rings (SSSR count). The molecule has 0 bridgehead atoms.